The van der Waals surface area contributed by atoms with Gasteiger partial charge in [-0.1, -0.05) is 71.9 Å². The summed E-state index contributed by atoms with van der Waals surface area (Å²) in [5.41, 5.74) is 5.09. The molecule has 0 saturated carbocycles. The van der Waals surface area contributed by atoms with E-state index >= 15 is 0 Å². The summed E-state index contributed by atoms with van der Waals surface area (Å²) >= 11 is 0. The van der Waals surface area contributed by atoms with Gasteiger partial charge in [-0.25, -0.2) is 4.79 Å². The first-order valence-electron chi connectivity index (χ1n) is 11.4. The van der Waals surface area contributed by atoms with Crippen LogP contribution in [0.4, 0.5) is 0 Å². The highest BCUT2D eigenvalue weighted by molar-refractivity contribution is 6.43. The maximum absolute atomic E-state index is 12.0. The van der Waals surface area contributed by atoms with Crippen molar-refractivity contribution in [2.24, 2.45) is 5.16 Å². The summed E-state index contributed by atoms with van der Waals surface area (Å²) in [7, 11) is 1.32. The highest BCUT2D eigenvalue weighted by Gasteiger charge is 2.20. The molecule has 5 nitrogen and oxygen atoms in total. The van der Waals surface area contributed by atoms with E-state index < -0.39 is 5.97 Å². The summed E-state index contributed by atoms with van der Waals surface area (Å²) in [6.07, 6.45) is 4.74. The number of hydrogen-bond donors (Lipinski definition) is 0. The number of carbonyl (C=O) groups is 1. The number of aryl methyl sites for hydroxylation is 1. The van der Waals surface area contributed by atoms with Gasteiger partial charge in [0.2, 0.25) is 0 Å². The first-order chi connectivity index (χ1) is 16.2. The average molecular weight is 444 g/mol. The van der Waals surface area contributed by atoms with E-state index in [9.17, 15) is 4.79 Å². The molecule has 170 valence electrons. The molecule has 5 heteroatoms. The van der Waals surface area contributed by atoms with Crippen molar-refractivity contribution >= 4 is 11.7 Å². The van der Waals surface area contributed by atoms with Gasteiger partial charge in [0.05, 0.1) is 7.11 Å². The number of benzene rings is 3. The summed E-state index contributed by atoms with van der Waals surface area (Å²) in [6, 6.07) is 26.2. The van der Waals surface area contributed by atoms with E-state index in [4.69, 9.17) is 14.3 Å². The van der Waals surface area contributed by atoms with E-state index in [0.29, 0.717) is 18.1 Å². The first-order valence-corrected chi connectivity index (χ1v) is 11.4. The number of ether oxygens (including phenoxy) is 2. The monoisotopic (exact) mass is 443 g/mol. The number of methoxy groups -OCH3 is 1. The zero-order chi connectivity index (χ0) is 22.9. The largest absolute Gasteiger partial charge is 0.490 e. The lowest BCUT2D eigenvalue weighted by Crippen LogP contribution is -2.18. The molecule has 0 spiro atoms. The van der Waals surface area contributed by atoms with E-state index in [-0.39, 0.29) is 12.3 Å². The van der Waals surface area contributed by atoms with E-state index in [1.165, 1.54) is 43.1 Å². The number of rotatable bonds is 9. The first kappa shape index (κ1) is 22.6. The standard InChI is InChI=1S/C28H29NO4/c1-31-28(30)27(23-9-3-2-4-10-23)29-33-19-18-32-25-16-14-21(15-17-25)20-24-12-7-11-22-8-5-6-13-26(22)24/h2-6,8-10,13-17,24H,7,11-12,18-20H2,1H3/b29-27-. The highest BCUT2D eigenvalue weighted by atomic mass is 16.6. The quantitative estimate of drug-likeness (QED) is 0.194. The fraction of sp³-hybridized carbons (Fsp3) is 0.286. The second kappa shape index (κ2) is 11.3. The molecule has 0 aliphatic heterocycles. The zero-order valence-electron chi connectivity index (χ0n) is 18.9. The molecule has 0 heterocycles. The van der Waals surface area contributed by atoms with Crippen molar-refractivity contribution in [2.45, 2.75) is 31.6 Å². The van der Waals surface area contributed by atoms with Crippen LogP contribution in [-0.4, -0.2) is 32.0 Å². The maximum atomic E-state index is 12.0. The van der Waals surface area contributed by atoms with Gasteiger partial charge in [0, 0.05) is 5.56 Å². The molecule has 33 heavy (non-hydrogen) atoms. The normalized spacial score (nSPS) is 15.4. The molecule has 0 amide bonds. The van der Waals surface area contributed by atoms with Gasteiger partial charge in [0.1, 0.15) is 12.4 Å². The summed E-state index contributed by atoms with van der Waals surface area (Å²) in [5, 5.41) is 3.96. The van der Waals surface area contributed by atoms with Crippen LogP contribution in [0.5, 0.6) is 5.75 Å². The average Bonchev–Trinajstić information content (AvgIpc) is 2.87. The molecule has 0 N–H and O–H groups in total. The van der Waals surface area contributed by atoms with E-state index in [0.717, 1.165) is 12.2 Å². The Kier molecular flexibility index (Phi) is 7.75. The summed E-state index contributed by atoms with van der Waals surface area (Å²) in [5.74, 6) is 0.825. The predicted octanol–water partition coefficient (Wildman–Crippen LogP) is 5.32. The van der Waals surface area contributed by atoms with Crippen LogP contribution in [0.2, 0.25) is 0 Å². The van der Waals surface area contributed by atoms with Crippen LogP contribution in [0.25, 0.3) is 0 Å². The Morgan fingerprint density at radius 3 is 2.48 bits per heavy atom. The summed E-state index contributed by atoms with van der Waals surface area (Å²) in [6.45, 7) is 0.538. The maximum Gasteiger partial charge on any atom is 0.360 e. The number of carbonyl (C=O) groups excluding carboxylic acids is 1. The number of oxime groups is 1. The van der Waals surface area contributed by atoms with E-state index in [2.05, 4.69) is 41.6 Å². The van der Waals surface area contributed by atoms with Gasteiger partial charge in [-0.15, -0.1) is 0 Å². The second-order valence-corrected chi connectivity index (χ2v) is 8.12. The molecule has 1 aliphatic rings. The molecule has 0 radical (unpaired) electrons. The number of esters is 1. The molecular formula is C28H29NO4. The molecule has 0 fully saturated rings. The molecule has 0 saturated heterocycles. The van der Waals surface area contributed by atoms with Gasteiger partial charge in [0.25, 0.3) is 0 Å². The van der Waals surface area contributed by atoms with Crippen LogP contribution >= 0.6 is 0 Å². The molecule has 1 atom stereocenters. The Labute approximate surface area is 195 Å². The van der Waals surface area contributed by atoms with E-state index in [1.54, 1.807) is 12.1 Å². The molecule has 3 aromatic carbocycles. The van der Waals surface area contributed by atoms with Gasteiger partial charge in [0.15, 0.2) is 12.3 Å². The lowest BCUT2D eigenvalue weighted by atomic mass is 9.80. The minimum absolute atomic E-state index is 0.131. The SMILES string of the molecule is COC(=O)/C(=N\OCCOc1ccc(CC2CCCc3ccccc32)cc1)c1ccccc1. The van der Waals surface area contributed by atoms with Crippen molar-refractivity contribution in [1.29, 1.82) is 0 Å². The van der Waals surface area contributed by atoms with Gasteiger partial charge in [-0.3, -0.25) is 0 Å². The van der Waals surface area contributed by atoms with Crippen LogP contribution in [0.15, 0.2) is 84.0 Å². The van der Waals surface area contributed by atoms with Crippen molar-refractivity contribution in [2.75, 3.05) is 20.3 Å². The molecule has 0 aromatic heterocycles. The fourth-order valence-corrected chi connectivity index (χ4v) is 4.28. The Balaban J connectivity index is 1.27. The third kappa shape index (κ3) is 6.01. The van der Waals surface area contributed by atoms with Crippen molar-refractivity contribution in [3.8, 4) is 5.75 Å². The van der Waals surface area contributed by atoms with Crippen molar-refractivity contribution < 1.29 is 19.1 Å². The van der Waals surface area contributed by atoms with Gasteiger partial charge in [-0.2, -0.15) is 0 Å². The lowest BCUT2D eigenvalue weighted by Gasteiger charge is -2.25. The zero-order valence-corrected chi connectivity index (χ0v) is 18.9. The van der Waals surface area contributed by atoms with Crippen molar-refractivity contribution in [1.82, 2.24) is 0 Å². The second-order valence-electron chi connectivity index (χ2n) is 8.12. The predicted molar refractivity (Wildman–Crippen MR) is 129 cm³/mol. The highest BCUT2D eigenvalue weighted by Crippen LogP contribution is 2.34. The smallest absolute Gasteiger partial charge is 0.360 e. The number of nitrogens with zero attached hydrogens (tertiary/aromatic N) is 1. The van der Waals surface area contributed by atoms with Gasteiger partial charge < -0.3 is 14.3 Å². The van der Waals surface area contributed by atoms with Crippen LogP contribution in [0.3, 0.4) is 0 Å². The third-order valence-electron chi connectivity index (χ3n) is 5.92. The van der Waals surface area contributed by atoms with Crippen LogP contribution in [0, 0.1) is 0 Å². The molecule has 0 bridgehead atoms. The molecule has 1 unspecified atom stereocenters. The Morgan fingerprint density at radius 1 is 0.939 bits per heavy atom. The Morgan fingerprint density at radius 2 is 1.70 bits per heavy atom. The topological polar surface area (TPSA) is 57.1 Å². The van der Waals surface area contributed by atoms with Crippen LogP contribution in [0.1, 0.15) is 41.0 Å². The Hall–Kier alpha value is -3.60. The minimum atomic E-state index is -0.543. The lowest BCUT2D eigenvalue weighted by molar-refractivity contribution is -0.132. The van der Waals surface area contributed by atoms with Crippen LogP contribution < -0.4 is 4.74 Å². The third-order valence-corrected chi connectivity index (χ3v) is 5.92. The molecule has 1 aliphatic carbocycles. The Bertz CT molecular complexity index is 1080. The van der Waals surface area contributed by atoms with Crippen LogP contribution in [-0.2, 0) is 27.2 Å². The molecular weight excluding hydrogens is 414 g/mol. The molecule has 4 rings (SSSR count). The van der Waals surface area contributed by atoms with Gasteiger partial charge in [-0.05, 0) is 60.4 Å². The number of hydrogen-bond acceptors (Lipinski definition) is 5. The van der Waals surface area contributed by atoms with E-state index in [1.807, 2.05) is 30.3 Å². The molecule has 3 aromatic rings. The number of fused-ring (bicyclic) bond motifs is 1. The minimum Gasteiger partial charge on any atom is -0.490 e. The van der Waals surface area contributed by atoms with Gasteiger partial charge >= 0.3 is 5.97 Å². The van der Waals surface area contributed by atoms with Crippen molar-refractivity contribution in [3.05, 3.63) is 101 Å². The van der Waals surface area contributed by atoms with Crippen molar-refractivity contribution in [3.63, 3.8) is 0 Å². The summed E-state index contributed by atoms with van der Waals surface area (Å²) in [4.78, 5) is 17.3. The fourth-order valence-electron chi connectivity index (χ4n) is 4.28. The summed E-state index contributed by atoms with van der Waals surface area (Å²) < 4.78 is 10.6.